The molecule has 0 atom stereocenters. The minimum atomic E-state index is -0.191. The van der Waals surface area contributed by atoms with Crippen molar-refractivity contribution in [1.29, 1.82) is 0 Å². The van der Waals surface area contributed by atoms with Gasteiger partial charge in [-0.1, -0.05) is 221 Å². The molecule has 2 aliphatic heterocycles. The van der Waals surface area contributed by atoms with E-state index in [1.165, 1.54) is 156 Å². The molecule has 0 fully saturated rings. The molecule has 0 unspecified atom stereocenters. The van der Waals surface area contributed by atoms with Crippen molar-refractivity contribution in [2.75, 3.05) is 9.80 Å². The van der Waals surface area contributed by atoms with Gasteiger partial charge in [0, 0.05) is 55.7 Å². The Hall–Kier alpha value is -9.12. The summed E-state index contributed by atoms with van der Waals surface area (Å²) >= 11 is 0. The van der Waals surface area contributed by atoms with Gasteiger partial charge in [0.2, 0.25) is 0 Å². The lowest BCUT2D eigenvalue weighted by molar-refractivity contribution is 0.590. The average Bonchev–Trinajstić information content (AvgIpc) is 0.756. The van der Waals surface area contributed by atoms with Crippen LogP contribution in [0.5, 0.6) is 0 Å². The van der Waals surface area contributed by atoms with Crippen molar-refractivity contribution in [2.24, 2.45) is 0 Å². The predicted molar refractivity (Wildman–Crippen MR) is 368 cm³/mol. The predicted octanol–water partition coefficient (Wildman–Crippen LogP) is 20.0. The number of anilines is 6. The molecule has 0 amide bonds. The maximum Gasteiger partial charge on any atom is 0.252 e. The highest BCUT2D eigenvalue weighted by Crippen LogP contribution is 2.56. The van der Waals surface area contributed by atoms with Crippen LogP contribution in [0.4, 0.5) is 34.1 Å². The quantitative estimate of drug-likeness (QED) is 0.159. The number of rotatable bonds is 5. The fourth-order valence-corrected chi connectivity index (χ4v) is 16.0. The van der Waals surface area contributed by atoms with E-state index in [9.17, 15) is 0 Å². The minimum absolute atomic E-state index is 0.0754. The van der Waals surface area contributed by atoms with Crippen molar-refractivity contribution in [1.82, 2.24) is 4.57 Å². The van der Waals surface area contributed by atoms with Crippen LogP contribution >= 0.6 is 0 Å². The Bertz CT molecular complexity index is 4840. The Kier molecular flexibility index (Phi) is 11.1. The minimum Gasteiger partial charge on any atom is -0.311 e. The lowest BCUT2D eigenvalue weighted by Crippen LogP contribution is -2.61. The zero-order valence-electron chi connectivity index (χ0n) is 51.7. The summed E-state index contributed by atoms with van der Waals surface area (Å²) in [7, 11) is 0. The molecular formula is C82H72BN3. The van der Waals surface area contributed by atoms with Gasteiger partial charge in [-0.15, -0.1) is 0 Å². The van der Waals surface area contributed by atoms with E-state index in [4.69, 9.17) is 0 Å². The Morgan fingerprint density at radius 2 is 0.872 bits per heavy atom. The molecule has 11 aromatic carbocycles. The molecule has 3 nitrogen and oxygen atoms in total. The van der Waals surface area contributed by atoms with E-state index >= 15 is 0 Å². The fourth-order valence-electron chi connectivity index (χ4n) is 16.0. The highest BCUT2D eigenvalue weighted by Gasteiger charge is 2.46. The first-order valence-corrected chi connectivity index (χ1v) is 31.0. The third kappa shape index (κ3) is 7.41. The molecule has 0 bridgehead atoms. The second-order valence-corrected chi connectivity index (χ2v) is 28.2. The Morgan fingerprint density at radius 3 is 1.49 bits per heavy atom. The number of para-hydroxylation sites is 2. The maximum atomic E-state index is 2.69. The van der Waals surface area contributed by atoms with Crippen LogP contribution in [0, 0.1) is 13.8 Å². The van der Waals surface area contributed by atoms with Crippen molar-refractivity contribution in [2.45, 2.75) is 105 Å². The van der Waals surface area contributed by atoms with Crippen molar-refractivity contribution in [3.05, 3.63) is 263 Å². The van der Waals surface area contributed by atoms with Crippen LogP contribution < -0.4 is 26.2 Å². The van der Waals surface area contributed by atoms with Crippen LogP contribution in [0.25, 0.3) is 72.0 Å². The van der Waals surface area contributed by atoms with Gasteiger partial charge < -0.3 is 14.4 Å². The summed E-state index contributed by atoms with van der Waals surface area (Å²) in [5.74, 6) is 0. The first-order chi connectivity index (χ1) is 41.3. The third-order valence-electron chi connectivity index (χ3n) is 20.3. The van der Waals surface area contributed by atoms with E-state index in [0.717, 1.165) is 11.4 Å². The van der Waals surface area contributed by atoms with E-state index in [1.807, 2.05) is 0 Å². The first kappa shape index (κ1) is 52.4. The summed E-state index contributed by atoms with van der Waals surface area (Å²) in [5.41, 5.74) is 35.4. The monoisotopic (exact) mass is 1110 g/mol. The van der Waals surface area contributed by atoms with E-state index in [2.05, 4.69) is 316 Å². The Balaban J connectivity index is 0.971. The van der Waals surface area contributed by atoms with Gasteiger partial charge >= 0.3 is 0 Å². The second-order valence-electron chi connectivity index (χ2n) is 28.2. The molecule has 12 aromatic rings. The van der Waals surface area contributed by atoms with Crippen molar-refractivity contribution >= 4 is 79.0 Å². The largest absolute Gasteiger partial charge is 0.311 e. The molecule has 2 aliphatic carbocycles. The van der Waals surface area contributed by atoms with Crippen LogP contribution in [0.2, 0.25) is 0 Å². The number of aryl methyl sites for hydroxylation is 2. The normalized spacial score (nSPS) is 14.9. The topological polar surface area (TPSA) is 11.4 Å². The smallest absolute Gasteiger partial charge is 0.252 e. The van der Waals surface area contributed by atoms with Crippen molar-refractivity contribution in [3.8, 4) is 50.2 Å². The van der Waals surface area contributed by atoms with Crippen LogP contribution in [0.1, 0.15) is 114 Å². The summed E-state index contributed by atoms with van der Waals surface area (Å²) in [5, 5.41) is 2.51. The van der Waals surface area contributed by atoms with Crippen molar-refractivity contribution in [3.63, 3.8) is 0 Å². The van der Waals surface area contributed by atoms with E-state index in [1.54, 1.807) is 0 Å². The van der Waals surface area contributed by atoms with Crippen molar-refractivity contribution < 1.29 is 0 Å². The highest BCUT2D eigenvalue weighted by atomic mass is 15.2. The molecule has 3 heterocycles. The molecule has 4 aliphatic rings. The third-order valence-corrected chi connectivity index (χ3v) is 20.3. The number of fused-ring (bicyclic) bond motifs is 13. The number of benzene rings is 11. The summed E-state index contributed by atoms with van der Waals surface area (Å²) in [6.07, 6.45) is 0. The Morgan fingerprint density at radius 1 is 0.360 bits per heavy atom. The summed E-state index contributed by atoms with van der Waals surface area (Å²) in [6.45, 7) is 28.4. The highest BCUT2D eigenvalue weighted by molar-refractivity contribution is 7.00. The van der Waals surface area contributed by atoms with Crippen LogP contribution in [0.15, 0.2) is 218 Å². The molecule has 0 saturated carbocycles. The Labute approximate surface area is 508 Å². The van der Waals surface area contributed by atoms with Gasteiger partial charge in [0.05, 0.1) is 16.7 Å². The van der Waals surface area contributed by atoms with E-state index in [0.29, 0.717) is 0 Å². The molecule has 1 aromatic heterocycles. The molecule has 0 spiro atoms. The van der Waals surface area contributed by atoms with Crippen LogP contribution in [-0.2, 0) is 21.7 Å². The van der Waals surface area contributed by atoms with Gasteiger partial charge in [0.15, 0.2) is 0 Å². The summed E-state index contributed by atoms with van der Waals surface area (Å²) < 4.78 is 2.49. The molecule has 16 rings (SSSR count). The lowest BCUT2D eigenvalue weighted by Gasteiger charge is -2.46. The molecular weight excluding hydrogens is 1040 g/mol. The SMILES string of the molecule is Cc1cc(-c2cccc3c2-c2ccccc2C3(C)C)cc(C)c1N1c2cc3c(cc2B2c4ccc(C(C)(C)C)cc4N(c4ccc(-c5cccc6c5-c5ccccc5C6(C)C)cc4)c4cc(C(C)(C)C)cc1c42)c1ccccc1n3-c1ccccc1. The standard InChI is InChI=1S/C82H72BN3/c1-49-42-52(58-30-23-34-66-76(58)61-28-17-20-32-64(61)82(66,11)12)43-50(2)78(49)86-72-48-70-62(59-26-18-21-35-69(59)84(70)55-24-14-13-15-25-55)47-68(72)83-67-41-38-53(79(3,4)5)44-71(67)85(73-45-54(80(6,7)8)46-74(86)77(73)83)56-39-36-51(37-40-56)57-29-22-33-65-75(57)60-27-16-19-31-63(60)81(65,9)10/h13-48H,1-12H3. The maximum absolute atomic E-state index is 2.69. The average molecular weight is 1110 g/mol. The van der Waals surface area contributed by atoms with E-state index < -0.39 is 0 Å². The second kappa shape index (κ2) is 18.2. The summed E-state index contributed by atoms with van der Waals surface area (Å²) in [6, 6.07) is 84.2. The molecule has 4 heteroatoms. The molecule has 0 N–H and O–H groups in total. The first-order valence-electron chi connectivity index (χ1n) is 31.0. The zero-order chi connectivity index (χ0) is 59.1. The van der Waals surface area contributed by atoms with Crippen LogP contribution in [-0.4, -0.2) is 11.3 Å². The molecule has 86 heavy (non-hydrogen) atoms. The van der Waals surface area contributed by atoms with Gasteiger partial charge in [-0.2, -0.15) is 0 Å². The molecule has 418 valence electrons. The van der Waals surface area contributed by atoms with Gasteiger partial charge in [0.25, 0.3) is 6.71 Å². The van der Waals surface area contributed by atoms with E-state index in [-0.39, 0.29) is 28.4 Å². The number of hydrogen-bond acceptors (Lipinski definition) is 2. The fraction of sp³-hybridized carbons (Fsp3) is 0.195. The van der Waals surface area contributed by atoms with Gasteiger partial charge in [-0.3, -0.25) is 0 Å². The van der Waals surface area contributed by atoms with Gasteiger partial charge in [-0.25, -0.2) is 0 Å². The van der Waals surface area contributed by atoms with Crippen LogP contribution in [0.3, 0.4) is 0 Å². The van der Waals surface area contributed by atoms with Gasteiger partial charge in [0.1, 0.15) is 0 Å². The number of nitrogens with zero attached hydrogens (tertiary/aromatic N) is 3. The van der Waals surface area contributed by atoms with Gasteiger partial charge in [-0.05, 0) is 197 Å². The number of aromatic nitrogens is 1. The molecule has 0 radical (unpaired) electrons. The summed E-state index contributed by atoms with van der Waals surface area (Å²) in [4.78, 5) is 5.33. The molecule has 0 saturated heterocycles. The lowest BCUT2D eigenvalue weighted by atomic mass is 9.33. The number of hydrogen-bond donors (Lipinski definition) is 0. The zero-order valence-corrected chi connectivity index (χ0v) is 51.7.